The van der Waals surface area contributed by atoms with E-state index in [2.05, 4.69) is 10.0 Å². The highest BCUT2D eigenvalue weighted by Gasteiger charge is 2.52. The van der Waals surface area contributed by atoms with Crippen LogP contribution in [-0.2, 0) is 29.8 Å². The lowest BCUT2D eigenvalue weighted by Gasteiger charge is -2.22. The lowest BCUT2D eigenvalue weighted by Crippen LogP contribution is -2.36. The van der Waals surface area contributed by atoms with E-state index in [0.717, 1.165) is 50.5 Å². The van der Waals surface area contributed by atoms with E-state index in [1.165, 1.54) is 6.07 Å². The van der Waals surface area contributed by atoms with Gasteiger partial charge in [-0.3, -0.25) is 9.59 Å². The summed E-state index contributed by atoms with van der Waals surface area (Å²) in [5.74, 6) is -0.0966. The number of hydrogen-bond acceptors (Lipinski definition) is 6. The summed E-state index contributed by atoms with van der Waals surface area (Å²) in [6.45, 7) is 3.68. The van der Waals surface area contributed by atoms with Crippen LogP contribution in [-0.4, -0.2) is 39.5 Å². The van der Waals surface area contributed by atoms with Gasteiger partial charge in [-0.25, -0.2) is 13.1 Å². The monoisotopic (exact) mass is 514 g/mol. The quantitative estimate of drug-likeness (QED) is 0.460. The second-order valence-electron chi connectivity index (χ2n) is 9.60. The number of amides is 1. The first-order chi connectivity index (χ1) is 17.2. The average molecular weight is 515 g/mol. The largest absolute Gasteiger partial charge is 0.483 e. The van der Waals surface area contributed by atoms with Crippen molar-refractivity contribution in [2.45, 2.75) is 75.1 Å². The molecule has 0 aromatic heterocycles. The Labute approximate surface area is 212 Å². The second kappa shape index (κ2) is 11.0. The molecule has 2 aliphatic rings. The molecule has 0 atom stereocenters. The summed E-state index contributed by atoms with van der Waals surface area (Å²) < 4.78 is 39.2. The van der Waals surface area contributed by atoms with Gasteiger partial charge < -0.3 is 14.8 Å². The predicted molar refractivity (Wildman–Crippen MR) is 136 cm³/mol. The molecule has 2 aromatic carbocycles. The summed E-state index contributed by atoms with van der Waals surface area (Å²) in [6, 6.07) is 11.8. The molecular weight excluding hydrogens is 480 g/mol. The van der Waals surface area contributed by atoms with Gasteiger partial charge in [-0.05, 0) is 81.0 Å². The third-order valence-electron chi connectivity index (χ3n) is 6.88. The van der Waals surface area contributed by atoms with Crippen LogP contribution in [0.25, 0.3) is 0 Å². The first kappa shape index (κ1) is 26.2. The SMILES string of the molecule is CCOC(=O)C1(c2ccc(NC(=O)COc3ccc(S(=O)(=O)NC4CCCCC4)cc3C)cc2)CC1. The zero-order chi connectivity index (χ0) is 25.8. The van der Waals surface area contributed by atoms with Gasteiger partial charge in [-0.1, -0.05) is 31.4 Å². The van der Waals surface area contributed by atoms with Crippen LogP contribution in [0.15, 0.2) is 47.4 Å². The van der Waals surface area contributed by atoms with Crippen LogP contribution >= 0.6 is 0 Å². The Bertz CT molecular complexity index is 1200. The van der Waals surface area contributed by atoms with Crippen LogP contribution < -0.4 is 14.8 Å². The van der Waals surface area contributed by atoms with E-state index in [0.29, 0.717) is 23.6 Å². The van der Waals surface area contributed by atoms with Crippen LogP contribution in [0, 0.1) is 6.92 Å². The normalized spacial score (nSPS) is 17.3. The first-order valence-corrected chi connectivity index (χ1v) is 14.1. The topological polar surface area (TPSA) is 111 Å². The summed E-state index contributed by atoms with van der Waals surface area (Å²) in [5, 5.41) is 2.78. The van der Waals surface area contributed by atoms with E-state index >= 15 is 0 Å². The Morgan fingerprint density at radius 1 is 1.03 bits per heavy atom. The predicted octanol–water partition coefficient (Wildman–Crippen LogP) is 4.22. The van der Waals surface area contributed by atoms with Crippen molar-refractivity contribution in [1.29, 1.82) is 0 Å². The number of anilines is 1. The van der Waals surface area contributed by atoms with Crippen LogP contribution in [0.5, 0.6) is 5.75 Å². The molecule has 2 aliphatic carbocycles. The van der Waals surface area contributed by atoms with Crippen LogP contribution in [0.4, 0.5) is 5.69 Å². The number of sulfonamides is 1. The third-order valence-corrected chi connectivity index (χ3v) is 8.40. The summed E-state index contributed by atoms with van der Waals surface area (Å²) in [6.07, 6.45) is 6.49. The van der Waals surface area contributed by atoms with Crippen molar-refractivity contribution in [2.75, 3.05) is 18.5 Å². The van der Waals surface area contributed by atoms with Crippen molar-refractivity contribution < 1.29 is 27.5 Å². The summed E-state index contributed by atoms with van der Waals surface area (Å²) in [4.78, 5) is 24.9. The van der Waals surface area contributed by atoms with E-state index < -0.39 is 15.4 Å². The number of rotatable bonds is 10. The number of hydrogen-bond donors (Lipinski definition) is 2. The van der Waals surface area contributed by atoms with Crippen LogP contribution in [0.1, 0.15) is 63.0 Å². The number of carbonyl (C=O) groups is 2. The van der Waals surface area contributed by atoms with Crippen molar-refractivity contribution in [3.05, 3.63) is 53.6 Å². The molecule has 2 saturated carbocycles. The first-order valence-electron chi connectivity index (χ1n) is 12.6. The lowest BCUT2D eigenvalue weighted by molar-refractivity contribution is -0.146. The van der Waals surface area contributed by atoms with E-state index in [1.54, 1.807) is 38.1 Å². The Balaban J connectivity index is 1.31. The zero-order valence-corrected chi connectivity index (χ0v) is 21.7. The Hall–Kier alpha value is -2.91. The zero-order valence-electron chi connectivity index (χ0n) is 20.8. The molecule has 0 saturated heterocycles. The Morgan fingerprint density at radius 3 is 2.33 bits per heavy atom. The second-order valence-corrected chi connectivity index (χ2v) is 11.3. The molecule has 0 aliphatic heterocycles. The van der Waals surface area contributed by atoms with Gasteiger partial charge in [-0.2, -0.15) is 0 Å². The molecule has 2 fully saturated rings. The maximum Gasteiger partial charge on any atom is 0.316 e. The van der Waals surface area contributed by atoms with Crippen LogP contribution in [0.2, 0.25) is 0 Å². The standard InChI is InChI=1S/C27H34N2O6S/c1-3-34-26(31)27(15-16-27)20-9-11-21(12-10-20)28-25(30)18-35-24-14-13-23(17-19(24)2)36(32,33)29-22-7-5-4-6-8-22/h9-14,17,22,29H,3-8,15-16,18H2,1-2H3,(H,28,30). The minimum absolute atomic E-state index is 0.0160. The fraction of sp³-hybridized carbons (Fsp3) is 0.481. The van der Waals surface area contributed by atoms with Crippen molar-refractivity contribution in [2.24, 2.45) is 0 Å². The van der Waals surface area contributed by atoms with Crippen LogP contribution in [0.3, 0.4) is 0 Å². The van der Waals surface area contributed by atoms with Gasteiger partial charge in [0, 0.05) is 11.7 Å². The molecular formula is C27H34N2O6S. The van der Waals surface area contributed by atoms with E-state index in [-0.39, 0.29) is 29.4 Å². The molecule has 2 N–H and O–H groups in total. The van der Waals surface area contributed by atoms with Crippen molar-refractivity contribution >= 4 is 27.6 Å². The number of benzene rings is 2. The summed E-state index contributed by atoms with van der Waals surface area (Å²) in [7, 11) is -3.60. The number of nitrogens with one attached hydrogen (secondary N) is 2. The number of esters is 1. The van der Waals surface area contributed by atoms with Gasteiger partial charge in [0.1, 0.15) is 5.75 Å². The van der Waals surface area contributed by atoms with E-state index in [4.69, 9.17) is 9.47 Å². The molecule has 2 aromatic rings. The molecule has 36 heavy (non-hydrogen) atoms. The fourth-order valence-corrected chi connectivity index (χ4v) is 6.07. The molecule has 0 bridgehead atoms. The molecule has 9 heteroatoms. The Kier molecular flexibility index (Phi) is 8.00. The summed E-state index contributed by atoms with van der Waals surface area (Å²) >= 11 is 0. The average Bonchev–Trinajstić information content (AvgIpc) is 3.66. The fourth-order valence-electron chi connectivity index (χ4n) is 4.68. The van der Waals surface area contributed by atoms with Gasteiger partial charge in [0.15, 0.2) is 6.61 Å². The highest BCUT2D eigenvalue weighted by atomic mass is 32.2. The molecule has 0 unspecified atom stereocenters. The van der Waals surface area contributed by atoms with Gasteiger partial charge in [0.05, 0.1) is 16.9 Å². The highest BCUT2D eigenvalue weighted by Crippen LogP contribution is 2.49. The maximum absolute atomic E-state index is 12.8. The molecule has 0 radical (unpaired) electrons. The molecule has 0 spiro atoms. The lowest BCUT2D eigenvalue weighted by atomic mass is 9.96. The van der Waals surface area contributed by atoms with Crippen molar-refractivity contribution in [3.63, 3.8) is 0 Å². The molecule has 194 valence electrons. The number of ether oxygens (including phenoxy) is 2. The minimum Gasteiger partial charge on any atom is -0.483 e. The van der Waals surface area contributed by atoms with Gasteiger partial charge >= 0.3 is 5.97 Å². The molecule has 4 rings (SSSR count). The molecule has 1 amide bonds. The van der Waals surface area contributed by atoms with Crippen molar-refractivity contribution in [3.8, 4) is 5.75 Å². The highest BCUT2D eigenvalue weighted by molar-refractivity contribution is 7.89. The molecule has 8 nitrogen and oxygen atoms in total. The van der Waals surface area contributed by atoms with Gasteiger partial charge in [-0.15, -0.1) is 0 Å². The number of aryl methyl sites for hydroxylation is 1. The number of carbonyl (C=O) groups excluding carboxylic acids is 2. The van der Waals surface area contributed by atoms with Crippen molar-refractivity contribution in [1.82, 2.24) is 4.72 Å². The van der Waals surface area contributed by atoms with E-state index in [9.17, 15) is 18.0 Å². The molecule has 0 heterocycles. The van der Waals surface area contributed by atoms with E-state index in [1.807, 2.05) is 12.1 Å². The minimum atomic E-state index is -3.60. The third kappa shape index (κ3) is 6.07. The van der Waals surface area contributed by atoms with Gasteiger partial charge in [0.25, 0.3) is 5.91 Å². The smallest absolute Gasteiger partial charge is 0.316 e. The van der Waals surface area contributed by atoms with Gasteiger partial charge in [0.2, 0.25) is 10.0 Å². The summed E-state index contributed by atoms with van der Waals surface area (Å²) in [5.41, 5.74) is 1.57. The Morgan fingerprint density at radius 2 is 1.72 bits per heavy atom. The maximum atomic E-state index is 12.8.